The number of methoxy groups -OCH3 is 3. The van der Waals surface area contributed by atoms with Crippen LogP contribution >= 0.6 is 0 Å². The van der Waals surface area contributed by atoms with Crippen molar-refractivity contribution in [3.8, 4) is 17.2 Å². The van der Waals surface area contributed by atoms with Gasteiger partial charge in [-0.1, -0.05) is 20.0 Å². The van der Waals surface area contributed by atoms with E-state index in [-0.39, 0.29) is 11.9 Å². The third-order valence-corrected chi connectivity index (χ3v) is 8.68. The topological polar surface area (TPSA) is 72.5 Å². The first-order valence-corrected chi connectivity index (χ1v) is 15.5. The molecule has 1 aromatic rings. The number of hydrogen-bond acceptors (Lipinski definition) is 7. The van der Waals surface area contributed by atoms with Crippen molar-refractivity contribution in [1.29, 1.82) is 0 Å². The summed E-state index contributed by atoms with van der Waals surface area (Å²) in [4.78, 5) is 12.0. The molecule has 1 atom stereocenters. The maximum atomic E-state index is 12.0. The number of carbonyl (C=O) groups is 1. The van der Waals surface area contributed by atoms with Crippen LogP contribution in [0.4, 0.5) is 0 Å². The second-order valence-electron chi connectivity index (χ2n) is 6.43. The molecule has 0 bridgehead atoms. The smallest absolute Gasteiger partial charge is 0.330 e. The van der Waals surface area contributed by atoms with E-state index in [0.29, 0.717) is 29.4 Å². The van der Waals surface area contributed by atoms with E-state index in [0.717, 1.165) is 12.0 Å². The Morgan fingerprint density at radius 3 is 2.10 bits per heavy atom. The van der Waals surface area contributed by atoms with E-state index in [9.17, 15) is 4.79 Å². The van der Waals surface area contributed by atoms with Gasteiger partial charge in [-0.25, -0.2) is 4.79 Å². The minimum absolute atomic E-state index is 0.0500. The fraction of sp³-hybridized carbons (Fsp3) is 0.526. The van der Waals surface area contributed by atoms with Gasteiger partial charge in [0.1, 0.15) is 5.91 Å². The summed E-state index contributed by atoms with van der Waals surface area (Å²) in [6.45, 7) is 6.82. The quantitative estimate of drug-likeness (QED) is 0.180. The Bertz CT molecular complexity index is 624. The zero-order valence-electron chi connectivity index (χ0n) is 18.4. The maximum Gasteiger partial charge on any atom is 0.330 e. The van der Waals surface area contributed by atoms with Crippen molar-refractivity contribution in [3.05, 3.63) is 23.8 Å². The number of benzene rings is 1. The molecule has 7 nitrogen and oxygen atoms in total. The van der Waals surface area contributed by atoms with Gasteiger partial charge in [0.15, 0.2) is 31.0 Å². The standard InChI is InChI=1S/C19H34O7Si3/c1-13(29-19(25-27-5)26-28-6)9-10-24-17(20)8-7-14-11-15(21-2)18(23-4)16(12-14)22-3/h7-8,11-13,19H,9-10,27-29H2,1-6H3. The average Bonchev–Trinajstić information content (AvgIpc) is 2.71. The summed E-state index contributed by atoms with van der Waals surface area (Å²) >= 11 is 0. The van der Waals surface area contributed by atoms with Crippen molar-refractivity contribution in [2.75, 3.05) is 27.9 Å². The minimum Gasteiger partial charge on any atom is -0.493 e. The fourth-order valence-electron chi connectivity index (χ4n) is 2.77. The van der Waals surface area contributed by atoms with Gasteiger partial charge in [0.05, 0.1) is 37.5 Å². The molecular weight excluding hydrogens is 424 g/mol. The summed E-state index contributed by atoms with van der Waals surface area (Å²) in [6.07, 6.45) is 3.90. The minimum atomic E-state index is -0.515. The van der Waals surface area contributed by atoms with E-state index >= 15 is 0 Å². The van der Waals surface area contributed by atoms with Gasteiger partial charge in [-0.15, -0.1) is 0 Å². The molecular formula is C19H34O7Si3. The summed E-state index contributed by atoms with van der Waals surface area (Å²) in [6, 6.07) is 3.54. The highest BCUT2D eigenvalue weighted by atomic mass is 28.2. The summed E-state index contributed by atoms with van der Waals surface area (Å²) < 4.78 is 32.8. The Labute approximate surface area is 180 Å². The summed E-state index contributed by atoms with van der Waals surface area (Å²) in [7, 11) is 3.21. The third kappa shape index (κ3) is 9.17. The molecule has 10 heteroatoms. The first-order chi connectivity index (χ1) is 14.0. The molecule has 0 fully saturated rings. The van der Waals surface area contributed by atoms with Crippen LogP contribution in [0.1, 0.15) is 18.9 Å². The van der Waals surface area contributed by atoms with Crippen molar-refractivity contribution >= 4 is 41.1 Å². The lowest BCUT2D eigenvalue weighted by Gasteiger charge is -2.21. The number of carbonyl (C=O) groups excluding carboxylic acids is 1. The molecule has 0 aliphatic carbocycles. The SMILES string of the molecule is COc1cc(C=CC(=O)OCCC(C)[SiH2]C(O[SiH2]C)O[SiH2]C)cc(OC)c1OC. The van der Waals surface area contributed by atoms with Crippen molar-refractivity contribution in [1.82, 2.24) is 0 Å². The molecule has 0 aliphatic rings. The molecule has 0 spiro atoms. The van der Waals surface area contributed by atoms with Crippen LogP contribution in [0.2, 0.25) is 18.6 Å². The number of esters is 1. The summed E-state index contributed by atoms with van der Waals surface area (Å²) in [5, 5.41) is 0. The first kappa shape index (κ1) is 25.4. The van der Waals surface area contributed by atoms with E-state index in [1.54, 1.807) is 39.5 Å². The highest BCUT2D eigenvalue weighted by Crippen LogP contribution is 2.38. The molecule has 0 aromatic heterocycles. The maximum absolute atomic E-state index is 12.0. The van der Waals surface area contributed by atoms with Crippen LogP contribution in [0.5, 0.6) is 17.2 Å². The van der Waals surface area contributed by atoms with E-state index in [1.807, 2.05) is 0 Å². The molecule has 0 saturated carbocycles. The largest absolute Gasteiger partial charge is 0.493 e. The lowest BCUT2D eigenvalue weighted by atomic mass is 10.1. The lowest BCUT2D eigenvalue weighted by Crippen LogP contribution is -2.29. The van der Waals surface area contributed by atoms with Crippen LogP contribution in [-0.4, -0.2) is 68.9 Å². The van der Waals surface area contributed by atoms with Crippen molar-refractivity contribution < 1.29 is 32.6 Å². The van der Waals surface area contributed by atoms with Crippen LogP contribution in [0.25, 0.3) is 6.08 Å². The molecule has 1 rings (SSSR count). The highest BCUT2D eigenvalue weighted by molar-refractivity contribution is 6.41. The Morgan fingerprint density at radius 2 is 1.62 bits per heavy atom. The van der Waals surface area contributed by atoms with Crippen LogP contribution in [0, 0.1) is 0 Å². The summed E-state index contributed by atoms with van der Waals surface area (Å²) in [5.74, 6) is 1.24. The second-order valence-corrected chi connectivity index (χ2v) is 10.8. The van der Waals surface area contributed by atoms with Gasteiger partial charge in [0, 0.05) is 6.08 Å². The average molecular weight is 459 g/mol. The van der Waals surface area contributed by atoms with Crippen LogP contribution in [0.3, 0.4) is 0 Å². The Morgan fingerprint density at radius 1 is 1.03 bits per heavy atom. The monoisotopic (exact) mass is 458 g/mol. The van der Waals surface area contributed by atoms with Crippen molar-refractivity contribution in [2.24, 2.45) is 0 Å². The molecule has 0 N–H and O–H groups in total. The zero-order chi connectivity index (χ0) is 21.6. The Hall–Kier alpha value is -1.60. The Balaban J connectivity index is 2.55. The first-order valence-electron chi connectivity index (χ1n) is 9.86. The second kappa shape index (κ2) is 14.4. The van der Waals surface area contributed by atoms with E-state index < -0.39 is 29.0 Å². The predicted octanol–water partition coefficient (Wildman–Crippen LogP) is 1.22. The van der Waals surface area contributed by atoms with E-state index in [2.05, 4.69) is 20.0 Å². The van der Waals surface area contributed by atoms with Gasteiger partial charge in [-0.05, 0) is 35.7 Å². The number of rotatable bonds is 14. The van der Waals surface area contributed by atoms with Crippen LogP contribution in [0.15, 0.2) is 18.2 Å². The highest BCUT2D eigenvalue weighted by Gasteiger charge is 2.15. The normalized spacial score (nSPS) is 14.4. The van der Waals surface area contributed by atoms with Crippen LogP contribution < -0.4 is 14.2 Å². The molecule has 164 valence electrons. The van der Waals surface area contributed by atoms with Gasteiger partial charge >= 0.3 is 5.97 Å². The Kier molecular flexibility index (Phi) is 12.6. The van der Waals surface area contributed by atoms with Gasteiger partial charge in [0.25, 0.3) is 0 Å². The molecule has 29 heavy (non-hydrogen) atoms. The summed E-state index contributed by atoms with van der Waals surface area (Å²) in [5.41, 5.74) is 1.25. The van der Waals surface area contributed by atoms with E-state index in [1.165, 1.54) is 6.08 Å². The lowest BCUT2D eigenvalue weighted by molar-refractivity contribution is -0.137. The molecule has 0 saturated heterocycles. The van der Waals surface area contributed by atoms with Gasteiger partial charge in [0.2, 0.25) is 5.75 Å². The predicted molar refractivity (Wildman–Crippen MR) is 123 cm³/mol. The van der Waals surface area contributed by atoms with E-state index in [4.69, 9.17) is 27.8 Å². The van der Waals surface area contributed by atoms with Crippen LogP contribution in [-0.2, 0) is 18.4 Å². The van der Waals surface area contributed by atoms with Crippen molar-refractivity contribution in [2.45, 2.75) is 37.9 Å². The van der Waals surface area contributed by atoms with Crippen molar-refractivity contribution in [3.63, 3.8) is 0 Å². The zero-order valence-corrected chi connectivity index (χ0v) is 22.6. The molecule has 1 aromatic carbocycles. The van der Waals surface area contributed by atoms with Gasteiger partial charge in [-0.2, -0.15) is 0 Å². The molecule has 0 amide bonds. The number of ether oxygens (including phenoxy) is 4. The van der Waals surface area contributed by atoms with Gasteiger partial charge < -0.3 is 27.8 Å². The fourth-order valence-corrected chi connectivity index (χ4v) is 7.46. The molecule has 0 heterocycles. The molecule has 0 radical (unpaired) electrons. The van der Waals surface area contributed by atoms with Gasteiger partial charge in [-0.3, -0.25) is 0 Å². The number of hydrogen-bond donors (Lipinski definition) is 0. The third-order valence-electron chi connectivity index (χ3n) is 4.25. The molecule has 1 unspecified atom stereocenters. The molecule has 0 aliphatic heterocycles.